The van der Waals surface area contributed by atoms with Crippen LogP contribution in [0.3, 0.4) is 0 Å². The van der Waals surface area contributed by atoms with Crippen molar-refractivity contribution in [3.8, 4) is 0 Å². The minimum absolute atomic E-state index is 0.0324. The molecule has 0 radical (unpaired) electrons. The first-order valence-corrected chi connectivity index (χ1v) is 12.3. The van der Waals surface area contributed by atoms with E-state index in [9.17, 15) is 16.8 Å². The third-order valence-corrected chi connectivity index (χ3v) is 7.49. The molecule has 0 heterocycles. The summed E-state index contributed by atoms with van der Waals surface area (Å²) < 4.78 is 56.0. The third kappa shape index (κ3) is 5.17. The Morgan fingerprint density at radius 1 is 0.690 bits per heavy atom. The molecular formula is C20H19BrN2O4S2. The van der Waals surface area contributed by atoms with Crippen LogP contribution in [0.1, 0.15) is 11.1 Å². The van der Waals surface area contributed by atoms with Crippen LogP contribution in [0.15, 0.2) is 81.0 Å². The molecule has 0 saturated heterocycles. The highest BCUT2D eigenvalue weighted by Crippen LogP contribution is 2.23. The molecule has 0 fully saturated rings. The molecule has 29 heavy (non-hydrogen) atoms. The van der Waals surface area contributed by atoms with Crippen molar-refractivity contribution >= 4 is 47.4 Å². The van der Waals surface area contributed by atoms with Crippen LogP contribution in [0.25, 0.3) is 0 Å². The van der Waals surface area contributed by atoms with Crippen LogP contribution in [0.5, 0.6) is 0 Å². The smallest absolute Gasteiger partial charge is 0.261 e. The fraction of sp³-hybridized carbons (Fsp3) is 0.100. The molecular weight excluding hydrogens is 476 g/mol. The Balaban J connectivity index is 1.80. The predicted octanol–water partition coefficient (Wildman–Crippen LogP) is 4.67. The quantitative estimate of drug-likeness (QED) is 0.520. The van der Waals surface area contributed by atoms with Gasteiger partial charge in [-0.05, 0) is 79.6 Å². The summed E-state index contributed by atoms with van der Waals surface area (Å²) in [6.07, 6.45) is 0. The van der Waals surface area contributed by atoms with E-state index in [1.807, 2.05) is 26.0 Å². The SMILES string of the molecule is Cc1ccc(C)c(NS(=O)(=O)c2ccc(NS(=O)(=O)c3ccc(Br)cc3)cc2)c1. The lowest BCUT2D eigenvalue weighted by Gasteiger charge is -2.12. The zero-order valence-corrected chi connectivity index (χ0v) is 18.9. The van der Waals surface area contributed by atoms with Crippen molar-refractivity contribution in [1.29, 1.82) is 0 Å². The van der Waals surface area contributed by atoms with Gasteiger partial charge in [0.05, 0.1) is 15.5 Å². The summed E-state index contributed by atoms with van der Waals surface area (Å²) in [7, 11) is -7.58. The topological polar surface area (TPSA) is 92.3 Å². The largest absolute Gasteiger partial charge is 0.280 e. The maximum Gasteiger partial charge on any atom is 0.261 e. The van der Waals surface area contributed by atoms with Crippen molar-refractivity contribution < 1.29 is 16.8 Å². The minimum Gasteiger partial charge on any atom is -0.280 e. The highest BCUT2D eigenvalue weighted by Gasteiger charge is 2.17. The predicted molar refractivity (Wildman–Crippen MR) is 118 cm³/mol. The number of benzene rings is 3. The first kappa shape index (κ1) is 21.4. The Labute approximate surface area is 179 Å². The van der Waals surface area contributed by atoms with Crippen LogP contribution in [0, 0.1) is 13.8 Å². The van der Waals surface area contributed by atoms with Crippen LogP contribution >= 0.6 is 15.9 Å². The lowest BCUT2D eigenvalue weighted by molar-refractivity contribution is 0.600. The van der Waals surface area contributed by atoms with Gasteiger partial charge in [-0.3, -0.25) is 9.44 Å². The van der Waals surface area contributed by atoms with E-state index >= 15 is 0 Å². The molecule has 0 unspecified atom stereocenters. The highest BCUT2D eigenvalue weighted by molar-refractivity contribution is 9.10. The Morgan fingerprint density at radius 3 is 1.79 bits per heavy atom. The second-order valence-electron chi connectivity index (χ2n) is 6.51. The molecule has 0 saturated carbocycles. The fourth-order valence-electron chi connectivity index (χ4n) is 2.58. The monoisotopic (exact) mass is 494 g/mol. The summed E-state index contributed by atoms with van der Waals surface area (Å²) >= 11 is 3.26. The normalized spacial score (nSPS) is 11.8. The molecule has 3 aromatic rings. The average Bonchev–Trinajstić information content (AvgIpc) is 2.65. The van der Waals surface area contributed by atoms with Gasteiger partial charge in [-0.25, -0.2) is 16.8 Å². The van der Waals surface area contributed by atoms with E-state index in [1.165, 1.54) is 36.4 Å². The molecule has 0 bridgehead atoms. The van der Waals surface area contributed by atoms with E-state index in [4.69, 9.17) is 0 Å². The molecule has 0 amide bonds. The molecule has 0 aliphatic heterocycles. The van der Waals surface area contributed by atoms with Crippen LogP contribution in [-0.2, 0) is 20.0 Å². The summed E-state index contributed by atoms with van der Waals surface area (Å²) in [5, 5.41) is 0. The number of halogens is 1. The highest BCUT2D eigenvalue weighted by atomic mass is 79.9. The molecule has 0 aliphatic carbocycles. The van der Waals surface area contributed by atoms with E-state index in [2.05, 4.69) is 25.4 Å². The summed E-state index contributed by atoms with van der Waals surface area (Å²) in [6, 6.07) is 17.2. The van der Waals surface area contributed by atoms with Gasteiger partial charge in [0.25, 0.3) is 20.0 Å². The molecule has 0 aromatic heterocycles. The van der Waals surface area contributed by atoms with Gasteiger partial charge in [-0.1, -0.05) is 28.1 Å². The van der Waals surface area contributed by atoms with Gasteiger partial charge in [0.1, 0.15) is 0 Å². The van der Waals surface area contributed by atoms with E-state index in [-0.39, 0.29) is 15.5 Å². The van der Waals surface area contributed by atoms with Gasteiger partial charge in [-0.2, -0.15) is 0 Å². The molecule has 6 nitrogen and oxygen atoms in total. The van der Waals surface area contributed by atoms with E-state index < -0.39 is 20.0 Å². The first-order valence-electron chi connectivity index (χ1n) is 8.55. The molecule has 2 N–H and O–H groups in total. The summed E-state index contributed by atoms with van der Waals surface area (Å²) in [5.74, 6) is 0. The van der Waals surface area contributed by atoms with Crippen molar-refractivity contribution in [3.05, 3.63) is 82.3 Å². The molecule has 9 heteroatoms. The number of aryl methyl sites for hydroxylation is 2. The summed E-state index contributed by atoms with van der Waals surface area (Å²) in [6.45, 7) is 3.70. The summed E-state index contributed by atoms with van der Waals surface area (Å²) in [4.78, 5) is 0.138. The van der Waals surface area contributed by atoms with E-state index in [1.54, 1.807) is 18.2 Å². The number of hydrogen-bond acceptors (Lipinski definition) is 4. The van der Waals surface area contributed by atoms with Crippen molar-refractivity contribution in [3.63, 3.8) is 0 Å². The van der Waals surface area contributed by atoms with Crippen molar-refractivity contribution in [2.24, 2.45) is 0 Å². The zero-order chi connectivity index (χ0) is 21.2. The van der Waals surface area contributed by atoms with Crippen LogP contribution in [0.4, 0.5) is 11.4 Å². The third-order valence-electron chi connectivity index (χ3n) is 4.18. The molecule has 0 atom stereocenters. The van der Waals surface area contributed by atoms with Gasteiger partial charge in [0.2, 0.25) is 0 Å². The Morgan fingerprint density at radius 2 is 1.21 bits per heavy atom. The number of nitrogens with one attached hydrogen (secondary N) is 2. The average molecular weight is 495 g/mol. The Kier molecular flexibility index (Phi) is 6.02. The van der Waals surface area contributed by atoms with Crippen molar-refractivity contribution in [1.82, 2.24) is 0 Å². The molecule has 0 aliphatic rings. The first-order chi connectivity index (χ1) is 13.6. The van der Waals surface area contributed by atoms with Crippen LogP contribution < -0.4 is 9.44 Å². The van der Waals surface area contributed by atoms with Crippen LogP contribution in [0.2, 0.25) is 0 Å². The van der Waals surface area contributed by atoms with Gasteiger partial charge >= 0.3 is 0 Å². The number of rotatable bonds is 6. The standard InChI is InChI=1S/C20H19BrN2O4S2/c1-14-3-4-15(2)20(13-14)23-29(26,27)19-11-7-17(8-12-19)22-28(24,25)18-9-5-16(21)6-10-18/h3-13,22-23H,1-2H3. The van der Waals surface area contributed by atoms with Crippen molar-refractivity contribution in [2.45, 2.75) is 23.6 Å². The summed E-state index contributed by atoms with van der Waals surface area (Å²) in [5.41, 5.74) is 2.51. The Bertz CT molecular complexity index is 1240. The van der Waals surface area contributed by atoms with Gasteiger partial charge in [0, 0.05) is 10.2 Å². The lowest BCUT2D eigenvalue weighted by Crippen LogP contribution is -2.15. The maximum atomic E-state index is 12.7. The van der Waals surface area contributed by atoms with Gasteiger partial charge < -0.3 is 0 Å². The molecule has 3 rings (SSSR count). The molecule has 152 valence electrons. The van der Waals surface area contributed by atoms with Crippen LogP contribution in [-0.4, -0.2) is 16.8 Å². The van der Waals surface area contributed by atoms with Crippen molar-refractivity contribution in [2.75, 3.05) is 9.44 Å². The van der Waals surface area contributed by atoms with E-state index in [0.29, 0.717) is 5.69 Å². The second kappa shape index (κ2) is 8.17. The van der Waals surface area contributed by atoms with E-state index in [0.717, 1.165) is 15.6 Å². The van der Waals surface area contributed by atoms with Gasteiger partial charge in [-0.15, -0.1) is 0 Å². The Hall–Kier alpha value is -2.36. The van der Waals surface area contributed by atoms with Gasteiger partial charge in [0.15, 0.2) is 0 Å². The minimum atomic E-state index is -3.80. The second-order valence-corrected chi connectivity index (χ2v) is 10.8. The number of hydrogen-bond donors (Lipinski definition) is 2. The molecule has 3 aromatic carbocycles. The lowest BCUT2D eigenvalue weighted by atomic mass is 10.1. The maximum absolute atomic E-state index is 12.7. The molecule has 0 spiro atoms. The number of anilines is 2. The zero-order valence-electron chi connectivity index (χ0n) is 15.7. The number of sulfonamides is 2. The fourth-order valence-corrected chi connectivity index (χ4v) is 5.02.